The lowest BCUT2D eigenvalue weighted by Gasteiger charge is -2.22. The number of hydrogen-bond acceptors (Lipinski definition) is 3. The second-order valence-corrected chi connectivity index (χ2v) is 4.07. The van der Waals surface area contributed by atoms with Gasteiger partial charge in [0.05, 0.1) is 18.2 Å². The molecule has 0 saturated carbocycles. The lowest BCUT2D eigenvalue weighted by Crippen LogP contribution is -2.31. The number of halogens is 3. The fraction of sp³-hybridized carbons (Fsp3) is 0.545. The largest absolute Gasteiger partial charge is 0.419 e. The minimum absolute atomic E-state index is 0.00286. The standard InChI is InChI=1S/C11H15F3N2O/c1-7(2)9(6-17)16-10-8(11(12,13)14)4-3-5-15-10/h3-5,7,9,17H,6H2,1-2H3,(H,15,16)/t9-/m1/s1. The normalized spacial score (nSPS) is 13.8. The maximum Gasteiger partial charge on any atom is 0.419 e. The van der Waals surface area contributed by atoms with Gasteiger partial charge in [-0.05, 0) is 18.1 Å². The summed E-state index contributed by atoms with van der Waals surface area (Å²) in [5.41, 5.74) is -0.820. The van der Waals surface area contributed by atoms with Crippen LogP contribution in [0.1, 0.15) is 19.4 Å². The smallest absolute Gasteiger partial charge is 0.394 e. The highest BCUT2D eigenvalue weighted by atomic mass is 19.4. The number of anilines is 1. The summed E-state index contributed by atoms with van der Waals surface area (Å²) in [7, 11) is 0. The first-order valence-corrected chi connectivity index (χ1v) is 5.26. The van der Waals surface area contributed by atoms with Gasteiger partial charge in [0.1, 0.15) is 5.82 Å². The first-order chi connectivity index (χ1) is 7.86. The monoisotopic (exact) mass is 248 g/mol. The molecule has 2 N–H and O–H groups in total. The predicted molar refractivity (Wildman–Crippen MR) is 58.6 cm³/mol. The Morgan fingerprint density at radius 3 is 2.53 bits per heavy atom. The Bertz CT molecular complexity index is 366. The first-order valence-electron chi connectivity index (χ1n) is 5.26. The summed E-state index contributed by atoms with van der Waals surface area (Å²) in [6.45, 7) is 3.37. The van der Waals surface area contributed by atoms with Gasteiger partial charge in [-0.2, -0.15) is 13.2 Å². The van der Waals surface area contributed by atoms with Crippen molar-refractivity contribution in [3.63, 3.8) is 0 Å². The Morgan fingerprint density at radius 1 is 1.41 bits per heavy atom. The Hall–Kier alpha value is -1.30. The third-order valence-corrected chi connectivity index (χ3v) is 2.44. The summed E-state index contributed by atoms with van der Waals surface area (Å²) in [6.07, 6.45) is -3.17. The Labute approximate surface area is 97.7 Å². The van der Waals surface area contributed by atoms with Crippen LogP contribution in [0.25, 0.3) is 0 Å². The molecule has 0 spiro atoms. The summed E-state index contributed by atoms with van der Waals surface area (Å²) in [6, 6.07) is 1.74. The predicted octanol–water partition coefficient (Wildman–Crippen LogP) is 2.53. The van der Waals surface area contributed by atoms with Crippen molar-refractivity contribution >= 4 is 5.82 Å². The van der Waals surface area contributed by atoms with Crippen molar-refractivity contribution in [2.45, 2.75) is 26.1 Å². The van der Waals surface area contributed by atoms with Crippen molar-refractivity contribution in [3.8, 4) is 0 Å². The maximum atomic E-state index is 12.7. The highest BCUT2D eigenvalue weighted by Crippen LogP contribution is 2.33. The number of pyridine rings is 1. The van der Waals surface area contributed by atoms with Crippen LogP contribution in [0.4, 0.5) is 19.0 Å². The number of aromatic nitrogens is 1. The second-order valence-electron chi connectivity index (χ2n) is 4.07. The SMILES string of the molecule is CC(C)[C@@H](CO)Nc1ncccc1C(F)(F)F. The zero-order valence-electron chi connectivity index (χ0n) is 9.62. The van der Waals surface area contributed by atoms with Gasteiger partial charge in [-0.25, -0.2) is 4.98 Å². The van der Waals surface area contributed by atoms with Crippen LogP contribution in [0, 0.1) is 5.92 Å². The van der Waals surface area contributed by atoms with Gasteiger partial charge in [0.15, 0.2) is 0 Å². The number of aliphatic hydroxyl groups excluding tert-OH is 1. The molecule has 0 aliphatic heterocycles. The van der Waals surface area contributed by atoms with Gasteiger partial charge in [-0.3, -0.25) is 0 Å². The summed E-state index contributed by atoms with van der Waals surface area (Å²) >= 11 is 0. The topological polar surface area (TPSA) is 45.1 Å². The summed E-state index contributed by atoms with van der Waals surface area (Å²) < 4.78 is 38.0. The second kappa shape index (κ2) is 5.35. The van der Waals surface area contributed by atoms with Crippen LogP contribution in [0.15, 0.2) is 18.3 Å². The summed E-state index contributed by atoms with van der Waals surface area (Å²) in [4.78, 5) is 3.67. The van der Waals surface area contributed by atoms with Crippen LogP contribution in [0.2, 0.25) is 0 Å². The van der Waals surface area contributed by atoms with E-state index < -0.39 is 17.8 Å². The number of nitrogens with zero attached hydrogens (tertiary/aromatic N) is 1. The Morgan fingerprint density at radius 2 is 2.06 bits per heavy atom. The van der Waals surface area contributed by atoms with Gasteiger partial charge >= 0.3 is 6.18 Å². The molecular formula is C11H15F3N2O. The molecule has 6 heteroatoms. The van der Waals surface area contributed by atoms with Crippen molar-refractivity contribution in [1.29, 1.82) is 0 Å². The molecule has 96 valence electrons. The van der Waals surface area contributed by atoms with E-state index in [9.17, 15) is 13.2 Å². The number of nitrogens with one attached hydrogen (secondary N) is 1. The van der Waals surface area contributed by atoms with E-state index in [0.29, 0.717) is 0 Å². The van der Waals surface area contributed by atoms with Gasteiger partial charge in [-0.15, -0.1) is 0 Å². The van der Waals surface area contributed by atoms with E-state index in [1.54, 1.807) is 0 Å². The highest BCUT2D eigenvalue weighted by Gasteiger charge is 2.34. The van der Waals surface area contributed by atoms with E-state index >= 15 is 0 Å². The highest BCUT2D eigenvalue weighted by molar-refractivity contribution is 5.46. The molecule has 0 radical (unpaired) electrons. The number of hydrogen-bond donors (Lipinski definition) is 2. The third kappa shape index (κ3) is 3.59. The molecule has 17 heavy (non-hydrogen) atoms. The van der Waals surface area contributed by atoms with Crippen LogP contribution in [-0.2, 0) is 6.18 Å². The molecule has 1 rings (SSSR count). The van der Waals surface area contributed by atoms with Gasteiger partial charge in [0.25, 0.3) is 0 Å². The van der Waals surface area contributed by atoms with Crippen molar-refractivity contribution in [3.05, 3.63) is 23.9 Å². The Balaban J connectivity index is 2.98. The van der Waals surface area contributed by atoms with E-state index in [4.69, 9.17) is 5.11 Å². The van der Waals surface area contributed by atoms with Crippen molar-refractivity contribution in [1.82, 2.24) is 4.98 Å². The van der Waals surface area contributed by atoms with E-state index in [2.05, 4.69) is 10.3 Å². The van der Waals surface area contributed by atoms with Crippen molar-refractivity contribution < 1.29 is 18.3 Å². The molecule has 1 heterocycles. The van der Waals surface area contributed by atoms with Crippen LogP contribution in [0.3, 0.4) is 0 Å². The zero-order chi connectivity index (χ0) is 13.1. The number of alkyl halides is 3. The zero-order valence-corrected chi connectivity index (χ0v) is 9.62. The molecular weight excluding hydrogens is 233 g/mol. The fourth-order valence-corrected chi connectivity index (χ4v) is 1.35. The summed E-state index contributed by atoms with van der Waals surface area (Å²) in [5, 5.41) is 11.7. The quantitative estimate of drug-likeness (QED) is 0.860. The molecule has 0 saturated heterocycles. The number of rotatable bonds is 4. The average molecular weight is 248 g/mol. The first kappa shape index (κ1) is 13.8. The lowest BCUT2D eigenvalue weighted by molar-refractivity contribution is -0.137. The van der Waals surface area contributed by atoms with Crippen LogP contribution >= 0.6 is 0 Å². The molecule has 0 aromatic carbocycles. The molecule has 0 amide bonds. The average Bonchev–Trinajstić information content (AvgIpc) is 2.24. The van der Waals surface area contributed by atoms with Gasteiger partial charge in [0.2, 0.25) is 0 Å². The molecule has 0 bridgehead atoms. The molecule has 1 aromatic heterocycles. The lowest BCUT2D eigenvalue weighted by atomic mass is 10.1. The van der Waals surface area contributed by atoms with Crippen LogP contribution in [-0.4, -0.2) is 22.7 Å². The van der Waals surface area contributed by atoms with Gasteiger partial charge in [-0.1, -0.05) is 13.8 Å². The van der Waals surface area contributed by atoms with Gasteiger partial charge in [0, 0.05) is 6.20 Å². The van der Waals surface area contributed by atoms with E-state index in [-0.39, 0.29) is 18.3 Å². The molecule has 0 aliphatic rings. The molecule has 1 aromatic rings. The molecule has 3 nitrogen and oxygen atoms in total. The maximum absolute atomic E-state index is 12.7. The third-order valence-electron chi connectivity index (χ3n) is 2.44. The molecule has 0 aliphatic carbocycles. The Kier molecular flexibility index (Phi) is 4.34. The molecule has 1 atom stereocenters. The van der Waals surface area contributed by atoms with Gasteiger partial charge < -0.3 is 10.4 Å². The minimum atomic E-state index is -4.45. The van der Waals surface area contributed by atoms with Crippen LogP contribution < -0.4 is 5.32 Å². The minimum Gasteiger partial charge on any atom is -0.394 e. The van der Waals surface area contributed by atoms with Crippen LogP contribution in [0.5, 0.6) is 0 Å². The van der Waals surface area contributed by atoms with Crippen molar-refractivity contribution in [2.24, 2.45) is 5.92 Å². The molecule has 0 unspecified atom stereocenters. The van der Waals surface area contributed by atoms with E-state index in [1.807, 2.05) is 13.8 Å². The van der Waals surface area contributed by atoms with Crippen molar-refractivity contribution in [2.75, 3.05) is 11.9 Å². The van der Waals surface area contributed by atoms with E-state index in [1.165, 1.54) is 12.3 Å². The molecule has 0 fully saturated rings. The van der Waals surface area contributed by atoms with E-state index in [0.717, 1.165) is 6.07 Å². The summed E-state index contributed by atoms with van der Waals surface area (Å²) in [5.74, 6) is -0.240. The fourth-order valence-electron chi connectivity index (χ4n) is 1.35. The number of aliphatic hydroxyl groups is 1.